The van der Waals surface area contributed by atoms with E-state index in [2.05, 4.69) is 6.07 Å². The molecule has 0 radical (unpaired) electrons. The standard InChI is InChI=1S/C26H25FN2O2/c27-24-12-6-11-22(17-24)26(31)29(15-13-20-7-2-1-3-8-20)19-25(30)28-16-14-21-9-4-5-10-23(21)18-28/h1-12,17H,13-16,18-19H2. The van der Waals surface area contributed by atoms with Gasteiger partial charge in [0.05, 0.1) is 0 Å². The van der Waals surface area contributed by atoms with Gasteiger partial charge in [0.1, 0.15) is 12.4 Å². The molecule has 5 heteroatoms. The van der Waals surface area contributed by atoms with Gasteiger partial charge in [0.2, 0.25) is 5.91 Å². The molecule has 0 unspecified atom stereocenters. The van der Waals surface area contributed by atoms with Crippen molar-refractivity contribution in [3.05, 3.63) is 107 Å². The molecule has 2 amide bonds. The SMILES string of the molecule is O=C(CN(CCc1ccccc1)C(=O)c1cccc(F)c1)N1CCc2ccccc2C1. The highest BCUT2D eigenvalue weighted by Gasteiger charge is 2.25. The minimum absolute atomic E-state index is 0.0235. The van der Waals surface area contributed by atoms with Gasteiger partial charge in [-0.15, -0.1) is 0 Å². The normalized spacial score (nSPS) is 12.9. The van der Waals surface area contributed by atoms with Crippen molar-refractivity contribution in [2.24, 2.45) is 0 Å². The maximum Gasteiger partial charge on any atom is 0.254 e. The molecule has 0 fully saturated rings. The van der Waals surface area contributed by atoms with Crippen molar-refractivity contribution in [2.75, 3.05) is 19.6 Å². The first-order chi connectivity index (χ1) is 15.1. The van der Waals surface area contributed by atoms with Crippen LogP contribution in [0.4, 0.5) is 4.39 Å². The number of nitrogens with zero attached hydrogens (tertiary/aromatic N) is 2. The number of carbonyl (C=O) groups is 2. The molecule has 1 heterocycles. The summed E-state index contributed by atoms with van der Waals surface area (Å²) < 4.78 is 13.7. The molecule has 0 aromatic heterocycles. The van der Waals surface area contributed by atoms with Crippen LogP contribution in [-0.2, 0) is 24.2 Å². The predicted octanol–water partition coefficient (Wildman–Crippen LogP) is 4.10. The zero-order chi connectivity index (χ0) is 21.6. The smallest absolute Gasteiger partial charge is 0.254 e. The third kappa shape index (κ3) is 5.18. The maximum atomic E-state index is 13.7. The predicted molar refractivity (Wildman–Crippen MR) is 118 cm³/mol. The molecule has 3 aromatic carbocycles. The summed E-state index contributed by atoms with van der Waals surface area (Å²) in [5.41, 5.74) is 3.75. The van der Waals surface area contributed by atoms with Crippen molar-refractivity contribution >= 4 is 11.8 Å². The van der Waals surface area contributed by atoms with Gasteiger partial charge >= 0.3 is 0 Å². The molecule has 4 nitrogen and oxygen atoms in total. The molecule has 0 bridgehead atoms. The fourth-order valence-electron chi connectivity index (χ4n) is 3.94. The van der Waals surface area contributed by atoms with Crippen molar-refractivity contribution in [2.45, 2.75) is 19.4 Å². The van der Waals surface area contributed by atoms with Crippen LogP contribution in [0.2, 0.25) is 0 Å². The van der Waals surface area contributed by atoms with E-state index in [0.29, 0.717) is 26.1 Å². The van der Waals surface area contributed by atoms with Crippen molar-refractivity contribution < 1.29 is 14.0 Å². The van der Waals surface area contributed by atoms with Crippen molar-refractivity contribution in [1.82, 2.24) is 9.80 Å². The van der Waals surface area contributed by atoms with Gasteiger partial charge in [0, 0.05) is 25.2 Å². The van der Waals surface area contributed by atoms with Gasteiger partial charge in [0.25, 0.3) is 5.91 Å². The molecular formula is C26H25FN2O2. The average Bonchev–Trinajstić information content (AvgIpc) is 2.81. The number of hydrogen-bond donors (Lipinski definition) is 0. The van der Waals surface area contributed by atoms with Crippen LogP contribution in [0.15, 0.2) is 78.9 Å². The number of rotatable bonds is 6. The highest BCUT2D eigenvalue weighted by Crippen LogP contribution is 2.19. The van der Waals surface area contributed by atoms with Crippen molar-refractivity contribution in [1.29, 1.82) is 0 Å². The first-order valence-corrected chi connectivity index (χ1v) is 10.5. The minimum atomic E-state index is -0.465. The summed E-state index contributed by atoms with van der Waals surface area (Å²) in [5, 5.41) is 0. The monoisotopic (exact) mass is 416 g/mol. The summed E-state index contributed by atoms with van der Waals surface area (Å²) in [7, 11) is 0. The van der Waals surface area contributed by atoms with Gasteiger partial charge in [-0.05, 0) is 47.7 Å². The van der Waals surface area contributed by atoms with E-state index >= 15 is 0 Å². The highest BCUT2D eigenvalue weighted by atomic mass is 19.1. The molecule has 158 valence electrons. The van der Waals surface area contributed by atoms with Crippen LogP contribution in [0.1, 0.15) is 27.0 Å². The van der Waals surface area contributed by atoms with Crippen LogP contribution in [0.25, 0.3) is 0 Å². The topological polar surface area (TPSA) is 40.6 Å². The number of amides is 2. The zero-order valence-corrected chi connectivity index (χ0v) is 17.3. The van der Waals surface area contributed by atoms with Crippen LogP contribution in [0.3, 0.4) is 0 Å². The van der Waals surface area contributed by atoms with E-state index in [1.807, 2.05) is 48.5 Å². The molecule has 3 aromatic rings. The van der Waals surface area contributed by atoms with E-state index < -0.39 is 5.82 Å². The second-order valence-corrected chi connectivity index (χ2v) is 7.81. The summed E-state index contributed by atoms with van der Waals surface area (Å²) in [6, 6.07) is 23.6. The summed E-state index contributed by atoms with van der Waals surface area (Å²) in [5.74, 6) is -0.888. The number of hydrogen-bond acceptors (Lipinski definition) is 2. The largest absolute Gasteiger partial charge is 0.336 e. The Balaban J connectivity index is 1.49. The van der Waals surface area contributed by atoms with Gasteiger partial charge in [-0.1, -0.05) is 60.7 Å². The van der Waals surface area contributed by atoms with E-state index in [-0.39, 0.29) is 23.9 Å². The number of benzene rings is 3. The molecule has 1 aliphatic rings. The highest BCUT2D eigenvalue weighted by molar-refractivity contribution is 5.96. The lowest BCUT2D eigenvalue weighted by molar-refractivity contribution is -0.132. The molecule has 0 spiro atoms. The average molecular weight is 416 g/mol. The number of fused-ring (bicyclic) bond motifs is 1. The van der Waals surface area contributed by atoms with Crippen LogP contribution < -0.4 is 0 Å². The Kier molecular flexibility index (Phi) is 6.41. The Hall–Kier alpha value is -3.47. The Morgan fingerprint density at radius 2 is 1.65 bits per heavy atom. The minimum Gasteiger partial charge on any atom is -0.336 e. The molecule has 31 heavy (non-hydrogen) atoms. The summed E-state index contributed by atoms with van der Waals surface area (Å²) in [6.45, 7) is 1.55. The Labute approximate surface area is 181 Å². The molecular weight excluding hydrogens is 391 g/mol. The van der Waals surface area contributed by atoms with Gasteiger partial charge < -0.3 is 9.80 Å². The lowest BCUT2D eigenvalue weighted by Gasteiger charge is -2.31. The lowest BCUT2D eigenvalue weighted by Crippen LogP contribution is -2.45. The van der Waals surface area contributed by atoms with Crippen LogP contribution >= 0.6 is 0 Å². The fraction of sp³-hybridized carbons (Fsp3) is 0.231. The molecule has 4 rings (SSSR count). The zero-order valence-electron chi connectivity index (χ0n) is 17.3. The fourth-order valence-corrected chi connectivity index (χ4v) is 3.94. The van der Waals surface area contributed by atoms with Crippen LogP contribution in [0, 0.1) is 5.82 Å². The second kappa shape index (κ2) is 9.56. The molecule has 0 aliphatic carbocycles. The third-order valence-corrected chi connectivity index (χ3v) is 5.68. The molecule has 1 aliphatic heterocycles. The Morgan fingerprint density at radius 1 is 0.903 bits per heavy atom. The van der Waals surface area contributed by atoms with E-state index in [4.69, 9.17) is 0 Å². The molecule has 0 atom stereocenters. The Bertz CT molecular complexity index is 1070. The van der Waals surface area contributed by atoms with E-state index in [1.165, 1.54) is 28.7 Å². The maximum absolute atomic E-state index is 13.7. The molecule has 0 N–H and O–H groups in total. The van der Waals surface area contributed by atoms with E-state index in [9.17, 15) is 14.0 Å². The van der Waals surface area contributed by atoms with E-state index in [0.717, 1.165) is 17.5 Å². The van der Waals surface area contributed by atoms with E-state index in [1.54, 1.807) is 11.0 Å². The Morgan fingerprint density at radius 3 is 2.42 bits per heavy atom. The van der Waals surface area contributed by atoms with Crippen molar-refractivity contribution in [3.63, 3.8) is 0 Å². The van der Waals surface area contributed by atoms with Crippen LogP contribution in [0.5, 0.6) is 0 Å². The van der Waals surface area contributed by atoms with Gasteiger partial charge in [-0.25, -0.2) is 4.39 Å². The van der Waals surface area contributed by atoms with Gasteiger partial charge in [0.15, 0.2) is 0 Å². The van der Waals surface area contributed by atoms with Crippen molar-refractivity contribution in [3.8, 4) is 0 Å². The van der Waals surface area contributed by atoms with Gasteiger partial charge in [-0.2, -0.15) is 0 Å². The third-order valence-electron chi connectivity index (χ3n) is 5.68. The first-order valence-electron chi connectivity index (χ1n) is 10.5. The van der Waals surface area contributed by atoms with Crippen LogP contribution in [-0.4, -0.2) is 41.2 Å². The first kappa shape index (κ1) is 20.8. The van der Waals surface area contributed by atoms with Gasteiger partial charge in [-0.3, -0.25) is 9.59 Å². The molecule has 0 saturated heterocycles. The summed E-state index contributed by atoms with van der Waals surface area (Å²) in [4.78, 5) is 29.5. The quantitative estimate of drug-likeness (QED) is 0.607. The number of carbonyl (C=O) groups excluding carboxylic acids is 2. The second-order valence-electron chi connectivity index (χ2n) is 7.81. The number of halogens is 1. The summed E-state index contributed by atoms with van der Waals surface area (Å²) >= 11 is 0. The molecule has 0 saturated carbocycles. The summed E-state index contributed by atoms with van der Waals surface area (Å²) in [6.07, 6.45) is 1.43. The lowest BCUT2D eigenvalue weighted by atomic mass is 10.00.